The third-order valence-corrected chi connectivity index (χ3v) is 24.5. The van der Waals surface area contributed by atoms with Crippen LogP contribution in [0, 0.1) is 71.0 Å². The van der Waals surface area contributed by atoms with E-state index >= 15 is 0 Å². The maximum absolute atomic E-state index is 3.51. The molecule has 0 aromatic carbocycles. The molecule has 22 unspecified atom stereocenters. The highest BCUT2D eigenvalue weighted by Crippen LogP contribution is 2.70. The van der Waals surface area contributed by atoms with Gasteiger partial charge < -0.3 is 0 Å². The van der Waals surface area contributed by atoms with E-state index in [1.807, 2.05) is 0 Å². The Balaban J connectivity index is 0.735. The van der Waals surface area contributed by atoms with E-state index in [1.165, 1.54) is 77.0 Å². The van der Waals surface area contributed by atoms with Gasteiger partial charge in [0.15, 0.2) is 0 Å². The van der Waals surface area contributed by atoms with E-state index in [9.17, 15) is 0 Å². The molecule has 15 fully saturated rings. The highest BCUT2D eigenvalue weighted by atomic mass is 15.4. The van der Waals surface area contributed by atoms with Gasteiger partial charge >= 0.3 is 0 Å². The second-order valence-corrected chi connectivity index (χ2v) is 25.6. The van der Waals surface area contributed by atoms with Crippen molar-refractivity contribution in [2.24, 2.45) is 71.0 Å². The zero-order chi connectivity index (χ0) is 37.4. The number of hydrogen-bond acceptors (Lipinski definition) is 4. The first-order valence-electron chi connectivity index (χ1n) is 27.9. The van der Waals surface area contributed by atoms with Gasteiger partial charge in [-0.15, -0.1) is 0 Å². The molecule has 4 nitrogen and oxygen atoms in total. The van der Waals surface area contributed by atoms with E-state index in [0.717, 1.165) is 144 Å². The van der Waals surface area contributed by atoms with Crippen molar-refractivity contribution >= 4 is 0 Å². The predicted molar refractivity (Wildman–Crippen MR) is 233 cm³/mol. The average Bonchev–Trinajstić information content (AvgIpc) is 4.11. The van der Waals surface area contributed by atoms with Gasteiger partial charge in [0.25, 0.3) is 0 Å². The van der Waals surface area contributed by atoms with Crippen LogP contribution in [-0.2, 0) is 0 Å². The highest BCUT2D eigenvalue weighted by Gasteiger charge is 2.73. The van der Waals surface area contributed by atoms with Crippen LogP contribution in [-0.4, -0.2) is 92.1 Å². The lowest BCUT2D eigenvalue weighted by Gasteiger charge is -2.51. The minimum absolute atomic E-state index is 0.949. The van der Waals surface area contributed by atoms with Crippen LogP contribution in [0.3, 0.4) is 0 Å². The summed E-state index contributed by atoms with van der Waals surface area (Å²) in [4.78, 5) is 13.7. The van der Waals surface area contributed by atoms with E-state index < -0.39 is 0 Å². The van der Waals surface area contributed by atoms with Crippen molar-refractivity contribution in [3.8, 4) is 0 Å². The maximum Gasteiger partial charge on any atom is 0.0164 e. The van der Waals surface area contributed by atoms with Crippen molar-refractivity contribution in [3.63, 3.8) is 0 Å². The molecule has 320 valence electrons. The molecule has 0 radical (unpaired) electrons. The summed E-state index contributed by atoms with van der Waals surface area (Å²) in [5, 5.41) is 0. The van der Waals surface area contributed by atoms with Crippen molar-refractivity contribution in [2.75, 3.05) is 0 Å². The summed E-state index contributed by atoms with van der Waals surface area (Å²) in [5.74, 6) is 12.7. The Labute approximate surface area is 354 Å². The molecule has 9 saturated carbocycles. The van der Waals surface area contributed by atoms with E-state index in [2.05, 4.69) is 19.6 Å². The normalized spacial score (nSPS) is 59.0. The third-order valence-electron chi connectivity index (χ3n) is 24.5. The topological polar surface area (TPSA) is 13.0 Å². The minimum Gasteiger partial charge on any atom is -0.294 e. The Kier molecular flexibility index (Phi) is 8.54. The summed E-state index contributed by atoms with van der Waals surface area (Å²) in [7, 11) is 0. The lowest BCUT2D eigenvalue weighted by molar-refractivity contribution is -0.00954. The van der Waals surface area contributed by atoms with Crippen LogP contribution in [0.2, 0.25) is 0 Å². The lowest BCUT2D eigenvalue weighted by atomic mass is 9.57. The lowest BCUT2D eigenvalue weighted by Crippen LogP contribution is -2.55. The predicted octanol–water partition coefficient (Wildman–Crippen LogP) is 10.9. The second-order valence-electron chi connectivity index (χ2n) is 25.6. The molecule has 0 bridgehead atoms. The first-order chi connectivity index (χ1) is 28.8. The highest BCUT2D eigenvalue weighted by molar-refractivity contribution is 5.25. The van der Waals surface area contributed by atoms with E-state index in [1.54, 1.807) is 116 Å². The first-order valence-corrected chi connectivity index (χ1v) is 27.9. The Bertz CT molecular complexity index is 1450. The van der Waals surface area contributed by atoms with Gasteiger partial charge in [0.1, 0.15) is 0 Å². The summed E-state index contributed by atoms with van der Waals surface area (Å²) < 4.78 is 0. The molecule has 0 amide bonds. The van der Waals surface area contributed by atoms with Crippen LogP contribution in [0.1, 0.15) is 193 Å². The van der Waals surface area contributed by atoms with E-state index in [0.29, 0.717) is 0 Å². The van der Waals surface area contributed by atoms with E-state index in [-0.39, 0.29) is 0 Å². The maximum atomic E-state index is 3.51. The molecule has 4 heteroatoms. The zero-order valence-corrected chi connectivity index (χ0v) is 36.9. The Morgan fingerprint density at radius 3 is 1.00 bits per heavy atom. The number of likely N-dealkylation sites (tertiary alicyclic amines) is 2. The Hall–Kier alpha value is -0.160. The van der Waals surface area contributed by atoms with Crippen molar-refractivity contribution < 1.29 is 0 Å². The number of hydrogen-bond donors (Lipinski definition) is 0. The molecule has 15 aliphatic rings. The molecule has 15 rings (SSSR count). The summed E-state index contributed by atoms with van der Waals surface area (Å²) in [6, 6.07) is 11.6. The largest absolute Gasteiger partial charge is 0.294 e. The van der Waals surface area contributed by atoms with Gasteiger partial charge in [0.2, 0.25) is 0 Å². The van der Waals surface area contributed by atoms with Gasteiger partial charge in [0, 0.05) is 72.5 Å². The van der Waals surface area contributed by atoms with Crippen LogP contribution >= 0.6 is 0 Å². The minimum atomic E-state index is 0.949. The fraction of sp³-hybridized carbons (Fsp3) is 1.00. The third kappa shape index (κ3) is 4.76. The molecule has 0 N–H and O–H groups in total. The fourth-order valence-corrected chi connectivity index (χ4v) is 23.8. The molecule has 22 atom stereocenters. The Morgan fingerprint density at radius 1 is 0.207 bits per heavy atom. The molecule has 0 aromatic rings. The number of rotatable bonds is 2. The molecular formula is C54H84N4. The summed E-state index contributed by atoms with van der Waals surface area (Å²) in [6.07, 6.45) is 47.0. The fourth-order valence-electron chi connectivity index (χ4n) is 23.8. The number of nitrogens with zero attached hydrogens (tertiary/aromatic N) is 4. The van der Waals surface area contributed by atoms with Crippen molar-refractivity contribution in [2.45, 2.75) is 265 Å². The molecule has 58 heavy (non-hydrogen) atoms. The van der Waals surface area contributed by atoms with Gasteiger partial charge in [0.05, 0.1) is 0 Å². The molecule has 6 saturated heterocycles. The average molecular weight is 789 g/mol. The summed E-state index contributed by atoms with van der Waals surface area (Å²) >= 11 is 0. The number of fused-ring (bicyclic) bond motifs is 20. The van der Waals surface area contributed by atoms with Crippen LogP contribution in [0.15, 0.2) is 0 Å². The van der Waals surface area contributed by atoms with Gasteiger partial charge in [-0.2, -0.15) is 0 Å². The summed E-state index contributed by atoms with van der Waals surface area (Å²) in [6.45, 7) is 0. The molecule has 9 aliphatic carbocycles. The molecule has 0 aromatic heterocycles. The smallest absolute Gasteiger partial charge is 0.0164 e. The van der Waals surface area contributed by atoms with Crippen LogP contribution in [0.25, 0.3) is 0 Å². The van der Waals surface area contributed by atoms with E-state index in [4.69, 9.17) is 0 Å². The van der Waals surface area contributed by atoms with Crippen LogP contribution < -0.4 is 0 Å². The first kappa shape index (κ1) is 36.2. The second kappa shape index (κ2) is 13.7. The van der Waals surface area contributed by atoms with Gasteiger partial charge in [-0.3, -0.25) is 19.6 Å². The van der Waals surface area contributed by atoms with Crippen molar-refractivity contribution in [1.82, 2.24) is 19.6 Å². The Morgan fingerprint density at radius 2 is 0.552 bits per heavy atom. The van der Waals surface area contributed by atoms with Crippen LogP contribution in [0.5, 0.6) is 0 Å². The van der Waals surface area contributed by atoms with Crippen molar-refractivity contribution in [1.29, 1.82) is 0 Å². The zero-order valence-electron chi connectivity index (χ0n) is 36.9. The quantitative estimate of drug-likeness (QED) is 0.276. The van der Waals surface area contributed by atoms with Gasteiger partial charge in [-0.25, -0.2) is 0 Å². The molecule has 6 aliphatic heterocycles. The SMILES string of the molecule is C1CCC(N2C3CCCCC3C3C4C5CCCC6C7CC8C(CC7N(C4CCC32)C65)C2CCCC3C4C5C6CCCCC6N(C6CCCCC6)C5CCC4N8C23)CC1. The molecular weight excluding hydrogens is 705 g/mol. The van der Waals surface area contributed by atoms with Crippen molar-refractivity contribution in [3.05, 3.63) is 0 Å². The summed E-state index contributed by atoms with van der Waals surface area (Å²) in [5.41, 5.74) is 0. The standard InChI is InChI=1S/C54H84N4/c1-3-13-31(14-4-1)55-41-23-9-7-17-35(41)49-43(55)25-27-45-51(49)37-21-11-19-33-39-30-48-40(29-47(39)57(45)53(33)37)34-20-12-22-38-52-46(58(48)54(34)38)28-26-44-50(52)36-18-8-10-24-42(36)56(44)32-15-5-2-6-16-32/h31-54H,1-30H2. The molecule has 6 heterocycles. The monoisotopic (exact) mass is 789 g/mol. The van der Waals surface area contributed by atoms with Crippen LogP contribution in [0.4, 0.5) is 0 Å². The molecule has 0 spiro atoms. The van der Waals surface area contributed by atoms with Gasteiger partial charge in [-0.05, 0) is 187 Å². The van der Waals surface area contributed by atoms with Gasteiger partial charge in [-0.1, -0.05) is 77.0 Å².